The number of amides is 1. The second kappa shape index (κ2) is 8.36. The fraction of sp³-hybridized carbons (Fsp3) is 0.150. The number of carboxylic acids is 1. The van der Waals surface area contributed by atoms with Crippen LogP contribution in [0, 0.1) is 0 Å². The van der Waals surface area contributed by atoms with Gasteiger partial charge in [0.25, 0.3) is 11.9 Å². The number of nitrogens with one attached hydrogen (secondary N) is 2. The van der Waals surface area contributed by atoms with E-state index in [1.807, 2.05) is 12.1 Å². The minimum Gasteiger partial charge on any atom is -0.478 e. The zero-order chi connectivity index (χ0) is 20.1. The smallest absolute Gasteiger partial charge is 0.336 e. The Labute approximate surface area is 160 Å². The van der Waals surface area contributed by atoms with E-state index in [9.17, 15) is 19.8 Å². The third kappa shape index (κ3) is 4.18. The highest BCUT2D eigenvalue weighted by Crippen LogP contribution is 2.19. The van der Waals surface area contributed by atoms with Crippen molar-refractivity contribution in [2.75, 3.05) is 12.4 Å². The number of methoxy groups -OCH3 is 1. The lowest BCUT2D eigenvalue weighted by Crippen LogP contribution is -2.16. The second-order valence-electron chi connectivity index (χ2n) is 6.01. The number of nitrogens with zero attached hydrogens (tertiary/aromatic N) is 1. The van der Waals surface area contributed by atoms with Gasteiger partial charge in [0, 0.05) is 17.8 Å². The van der Waals surface area contributed by atoms with Gasteiger partial charge in [0.2, 0.25) is 0 Å². The minimum atomic E-state index is -1.16. The summed E-state index contributed by atoms with van der Waals surface area (Å²) in [4.78, 5) is 30.8. The van der Waals surface area contributed by atoms with Gasteiger partial charge in [0.15, 0.2) is 0 Å². The highest BCUT2D eigenvalue weighted by Gasteiger charge is 2.16. The van der Waals surface area contributed by atoms with Crippen molar-refractivity contribution in [1.82, 2.24) is 9.97 Å². The second-order valence-corrected chi connectivity index (χ2v) is 6.01. The number of ether oxygens (including phenoxy) is 1. The molecule has 0 bridgehead atoms. The fourth-order valence-corrected chi connectivity index (χ4v) is 2.77. The van der Waals surface area contributed by atoms with Gasteiger partial charge in [-0.2, -0.15) is 4.98 Å². The first-order valence-corrected chi connectivity index (χ1v) is 8.47. The molecule has 0 fully saturated rings. The Kier molecular flexibility index (Phi) is 5.71. The molecule has 28 heavy (non-hydrogen) atoms. The number of aromatic carboxylic acids is 1. The molecule has 0 saturated carbocycles. The molecule has 0 aliphatic heterocycles. The lowest BCUT2D eigenvalue weighted by atomic mass is 10.1. The number of carboxylic acid groups (broad SMARTS) is 1. The van der Waals surface area contributed by atoms with E-state index in [1.54, 1.807) is 24.3 Å². The standard InChI is InChI=1S/C20H19N3O5/c1-28-20-22-16(17(11-24)23-20)10-12-6-8-13(9-7-12)21-18(25)14-4-2-3-5-15(14)19(26)27/h2-9,24H,10-11H2,1H3,(H,21,25)(H,22,23)(H,26,27). The summed E-state index contributed by atoms with van der Waals surface area (Å²) in [6, 6.07) is 13.5. The van der Waals surface area contributed by atoms with Crippen molar-refractivity contribution in [2.45, 2.75) is 13.0 Å². The predicted octanol–water partition coefficient (Wildman–Crippen LogP) is 2.45. The highest BCUT2D eigenvalue weighted by atomic mass is 16.5. The lowest BCUT2D eigenvalue weighted by molar-refractivity contribution is 0.0692. The van der Waals surface area contributed by atoms with E-state index in [4.69, 9.17) is 4.74 Å². The molecule has 2 aromatic carbocycles. The molecular formula is C20H19N3O5. The Morgan fingerprint density at radius 3 is 2.39 bits per heavy atom. The molecule has 144 valence electrons. The van der Waals surface area contributed by atoms with Gasteiger partial charge >= 0.3 is 5.97 Å². The quantitative estimate of drug-likeness (QED) is 0.498. The van der Waals surface area contributed by atoms with Gasteiger partial charge in [0.1, 0.15) is 0 Å². The van der Waals surface area contributed by atoms with Gasteiger partial charge in [0.05, 0.1) is 30.5 Å². The number of H-pyrrole nitrogens is 1. The summed E-state index contributed by atoms with van der Waals surface area (Å²) in [6.45, 7) is -0.202. The van der Waals surface area contributed by atoms with Crippen LogP contribution in [0.15, 0.2) is 48.5 Å². The predicted molar refractivity (Wildman–Crippen MR) is 102 cm³/mol. The van der Waals surface area contributed by atoms with E-state index in [1.165, 1.54) is 19.2 Å². The number of aliphatic hydroxyl groups is 1. The maximum absolute atomic E-state index is 12.4. The van der Waals surface area contributed by atoms with Crippen LogP contribution in [0.4, 0.5) is 5.69 Å². The Hall–Kier alpha value is -3.65. The third-order valence-electron chi connectivity index (χ3n) is 4.18. The Balaban J connectivity index is 1.72. The van der Waals surface area contributed by atoms with E-state index >= 15 is 0 Å². The number of imidazole rings is 1. The monoisotopic (exact) mass is 381 g/mol. The average molecular weight is 381 g/mol. The minimum absolute atomic E-state index is 0.0543. The molecule has 0 radical (unpaired) electrons. The molecule has 0 aliphatic carbocycles. The fourth-order valence-electron chi connectivity index (χ4n) is 2.77. The Morgan fingerprint density at radius 1 is 1.11 bits per heavy atom. The molecule has 1 heterocycles. The van der Waals surface area contributed by atoms with Crippen LogP contribution in [0.5, 0.6) is 6.01 Å². The summed E-state index contributed by atoms with van der Waals surface area (Å²) in [5, 5.41) is 21.3. The molecule has 0 saturated heterocycles. The van der Waals surface area contributed by atoms with E-state index in [0.717, 1.165) is 11.3 Å². The molecule has 0 atom stereocenters. The van der Waals surface area contributed by atoms with Crippen LogP contribution in [-0.2, 0) is 13.0 Å². The van der Waals surface area contributed by atoms with Crippen LogP contribution >= 0.6 is 0 Å². The van der Waals surface area contributed by atoms with E-state index in [0.29, 0.717) is 23.8 Å². The molecule has 8 nitrogen and oxygen atoms in total. The number of aliphatic hydroxyl groups excluding tert-OH is 1. The zero-order valence-corrected chi connectivity index (χ0v) is 15.1. The van der Waals surface area contributed by atoms with Crippen LogP contribution in [0.25, 0.3) is 0 Å². The van der Waals surface area contributed by atoms with Crippen molar-refractivity contribution >= 4 is 17.6 Å². The molecule has 8 heteroatoms. The number of carbonyl (C=O) groups excluding carboxylic acids is 1. The third-order valence-corrected chi connectivity index (χ3v) is 4.18. The maximum atomic E-state index is 12.4. The first-order valence-electron chi connectivity index (χ1n) is 8.47. The van der Waals surface area contributed by atoms with Gasteiger partial charge in [-0.15, -0.1) is 0 Å². The molecule has 0 unspecified atom stereocenters. The van der Waals surface area contributed by atoms with E-state index < -0.39 is 11.9 Å². The number of aromatic amines is 1. The molecule has 3 aromatic rings. The van der Waals surface area contributed by atoms with Crippen molar-refractivity contribution < 1.29 is 24.5 Å². The van der Waals surface area contributed by atoms with Crippen molar-refractivity contribution in [3.8, 4) is 6.01 Å². The molecule has 3 rings (SSSR count). The van der Waals surface area contributed by atoms with Gasteiger partial charge in [-0.1, -0.05) is 24.3 Å². The molecule has 0 spiro atoms. The normalized spacial score (nSPS) is 10.5. The summed E-state index contributed by atoms with van der Waals surface area (Å²) in [5.41, 5.74) is 2.77. The van der Waals surface area contributed by atoms with Crippen molar-refractivity contribution in [3.05, 3.63) is 76.6 Å². The maximum Gasteiger partial charge on any atom is 0.336 e. The Morgan fingerprint density at radius 2 is 1.79 bits per heavy atom. The molecule has 0 aliphatic rings. The van der Waals surface area contributed by atoms with E-state index in [2.05, 4.69) is 15.3 Å². The van der Waals surface area contributed by atoms with Gasteiger partial charge < -0.3 is 25.3 Å². The van der Waals surface area contributed by atoms with Gasteiger partial charge in [-0.05, 0) is 29.8 Å². The van der Waals surface area contributed by atoms with Gasteiger partial charge in [-0.3, -0.25) is 4.79 Å². The summed E-state index contributed by atoms with van der Waals surface area (Å²) < 4.78 is 5.04. The highest BCUT2D eigenvalue weighted by molar-refractivity contribution is 6.10. The van der Waals surface area contributed by atoms with Crippen LogP contribution in [0.1, 0.15) is 37.7 Å². The van der Waals surface area contributed by atoms with Crippen molar-refractivity contribution in [1.29, 1.82) is 0 Å². The Bertz CT molecular complexity index is 995. The number of hydrogen-bond acceptors (Lipinski definition) is 5. The molecular weight excluding hydrogens is 362 g/mol. The summed E-state index contributed by atoms with van der Waals surface area (Å²) in [7, 11) is 1.49. The first kappa shape index (κ1) is 19.1. The van der Waals surface area contributed by atoms with Crippen LogP contribution < -0.4 is 10.1 Å². The van der Waals surface area contributed by atoms with Gasteiger partial charge in [-0.25, -0.2) is 4.79 Å². The number of benzene rings is 2. The van der Waals surface area contributed by atoms with Crippen molar-refractivity contribution in [3.63, 3.8) is 0 Å². The largest absolute Gasteiger partial charge is 0.478 e. The lowest BCUT2D eigenvalue weighted by Gasteiger charge is -2.08. The summed E-state index contributed by atoms with van der Waals surface area (Å²) in [6.07, 6.45) is 0.502. The molecule has 1 amide bonds. The zero-order valence-electron chi connectivity index (χ0n) is 15.1. The molecule has 4 N–H and O–H groups in total. The van der Waals surface area contributed by atoms with Crippen LogP contribution in [0.3, 0.4) is 0 Å². The van der Waals surface area contributed by atoms with Crippen LogP contribution in [-0.4, -0.2) is 39.2 Å². The number of hydrogen-bond donors (Lipinski definition) is 4. The average Bonchev–Trinajstić information content (AvgIpc) is 3.11. The number of rotatable bonds is 7. The number of carbonyl (C=O) groups is 2. The SMILES string of the molecule is COc1nc(CO)c(Cc2ccc(NC(=O)c3ccccc3C(=O)O)cc2)[nH]1. The first-order chi connectivity index (χ1) is 13.5. The topological polar surface area (TPSA) is 125 Å². The van der Waals surface area contributed by atoms with Crippen molar-refractivity contribution in [2.24, 2.45) is 0 Å². The van der Waals surface area contributed by atoms with E-state index in [-0.39, 0.29) is 17.7 Å². The number of anilines is 1. The van der Waals surface area contributed by atoms with Crippen LogP contribution in [0.2, 0.25) is 0 Å². The summed E-state index contributed by atoms with van der Waals surface area (Å²) in [5.74, 6) is -1.65. The summed E-state index contributed by atoms with van der Waals surface area (Å²) >= 11 is 0. The molecule has 1 aromatic heterocycles. The number of aromatic nitrogens is 2.